The highest BCUT2D eigenvalue weighted by Crippen LogP contribution is 2.59. The van der Waals surface area contributed by atoms with Crippen molar-refractivity contribution in [3.63, 3.8) is 0 Å². The quantitative estimate of drug-likeness (QED) is 0.751. The lowest BCUT2D eigenvalue weighted by Crippen LogP contribution is -2.41. The SMILES string of the molecule is CC1(C)OB(C2CC2c2ccccc2Cl)OC1(C)C. The zero-order valence-corrected chi connectivity index (χ0v) is 12.7. The van der Waals surface area contributed by atoms with Crippen molar-refractivity contribution in [3.05, 3.63) is 34.9 Å². The topological polar surface area (TPSA) is 18.5 Å². The van der Waals surface area contributed by atoms with Gasteiger partial charge in [0, 0.05) is 10.8 Å². The Bertz CT molecular complexity index is 485. The lowest BCUT2D eigenvalue weighted by Gasteiger charge is -2.32. The van der Waals surface area contributed by atoms with Gasteiger partial charge < -0.3 is 9.31 Å². The van der Waals surface area contributed by atoms with Gasteiger partial charge in [-0.25, -0.2) is 0 Å². The molecular weight excluding hydrogens is 258 g/mol. The highest BCUT2D eigenvalue weighted by molar-refractivity contribution is 6.49. The molecule has 0 amide bonds. The molecule has 1 saturated heterocycles. The highest BCUT2D eigenvalue weighted by Gasteiger charge is 2.60. The Morgan fingerprint density at radius 2 is 1.68 bits per heavy atom. The Morgan fingerprint density at radius 3 is 2.26 bits per heavy atom. The van der Waals surface area contributed by atoms with E-state index in [1.54, 1.807) is 0 Å². The molecule has 0 spiro atoms. The molecule has 1 aliphatic carbocycles. The zero-order valence-electron chi connectivity index (χ0n) is 11.9. The first kappa shape index (κ1) is 13.5. The molecule has 0 bridgehead atoms. The number of hydrogen-bond acceptors (Lipinski definition) is 2. The normalized spacial score (nSPS) is 31.5. The summed E-state index contributed by atoms with van der Waals surface area (Å²) < 4.78 is 12.2. The predicted octanol–water partition coefficient (Wildman–Crippen LogP) is 4.29. The van der Waals surface area contributed by atoms with Gasteiger partial charge in [0.2, 0.25) is 0 Å². The summed E-state index contributed by atoms with van der Waals surface area (Å²) in [5.74, 6) is 0.907. The molecule has 1 aromatic rings. The summed E-state index contributed by atoms with van der Waals surface area (Å²) in [4.78, 5) is 0. The van der Waals surface area contributed by atoms with Crippen molar-refractivity contribution in [3.8, 4) is 0 Å². The molecule has 2 fully saturated rings. The first-order valence-electron chi connectivity index (χ1n) is 6.92. The van der Waals surface area contributed by atoms with Gasteiger partial charge in [0.15, 0.2) is 0 Å². The van der Waals surface area contributed by atoms with Crippen molar-refractivity contribution in [1.29, 1.82) is 0 Å². The smallest absolute Gasteiger partial charge is 0.403 e. The van der Waals surface area contributed by atoms with Crippen LogP contribution >= 0.6 is 11.6 Å². The van der Waals surface area contributed by atoms with Crippen molar-refractivity contribution < 1.29 is 9.31 Å². The summed E-state index contributed by atoms with van der Waals surface area (Å²) in [5.41, 5.74) is 0.736. The standard InChI is InChI=1S/C15H20BClO2/c1-14(2)15(3,4)19-16(18-14)12-9-11(12)10-7-5-6-8-13(10)17/h5-8,11-12H,9H2,1-4H3. The first-order chi connectivity index (χ1) is 8.82. The van der Waals surface area contributed by atoms with E-state index in [1.807, 2.05) is 18.2 Å². The molecule has 0 N–H and O–H groups in total. The maximum atomic E-state index is 6.26. The van der Waals surface area contributed by atoms with E-state index in [4.69, 9.17) is 20.9 Å². The minimum absolute atomic E-state index is 0.105. The molecule has 2 atom stereocenters. The summed E-state index contributed by atoms with van der Waals surface area (Å²) >= 11 is 6.26. The van der Waals surface area contributed by atoms with Crippen molar-refractivity contribution in [1.82, 2.24) is 0 Å². The third-order valence-corrected chi connectivity index (χ3v) is 5.11. The molecule has 0 radical (unpaired) electrons. The van der Waals surface area contributed by atoms with Crippen molar-refractivity contribution >= 4 is 18.7 Å². The number of hydrogen-bond donors (Lipinski definition) is 0. The Morgan fingerprint density at radius 1 is 1.11 bits per heavy atom. The summed E-state index contributed by atoms with van der Waals surface area (Å²) in [5, 5.41) is 0.853. The van der Waals surface area contributed by atoms with Crippen LogP contribution in [-0.4, -0.2) is 18.3 Å². The maximum absolute atomic E-state index is 6.26. The Kier molecular flexibility index (Phi) is 3.01. The number of benzene rings is 1. The van der Waals surface area contributed by atoms with Gasteiger partial charge in [0.05, 0.1) is 11.2 Å². The van der Waals surface area contributed by atoms with Gasteiger partial charge in [-0.3, -0.25) is 0 Å². The summed E-state index contributed by atoms with van der Waals surface area (Å²) in [7, 11) is -0.105. The van der Waals surface area contributed by atoms with Crippen LogP contribution in [0.25, 0.3) is 0 Å². The third-order valence-electron chi connectivity index (χ3n) is 4.77. The van der Waals surface area contributed by atoms with E-state index in [9.17, 15) is 0 Å². The van der Waals surface area contributed by atoms with Gasteiger partial charge in [-0.2, -0.15) is 0 Å². The van der Waals surface area contributed by atoms with Crippen LogP contribution in [0.3, 0.4) is 0 Å². The molecule has 2 nitrogen and oxygen atoms in total. The van der Waals surface area contributed by atoms with E-state index < -0.39 is 0 Å². The zero-order chi connectivity index (χ0) is 13.8. The minimum atomic E-state index is -0.245. The molecule has 2 aliphatic rings. The average Bonchev–Trinajstić information content (AvgIpc) is 3.03. The maximum Gasteiger partial charge on any atom is 0.461 e. The number of rotatable bonds is 2. The van der Waals surface area contributed by atoms with Gasteiger partial charge in [-0.15, -0.1) is 0 Å². The lowest BCUT2D eigenvalue weighted by molar-refractivity contribution is 0.00578. The van der Waals surface area contributed by atoms with Crippen molar-refractivity contribution in [2.24, 2.45) is 0 Å². The van der Waals surface area contributed by atoms with Crippen LogP contribution in [0, 0.1) is 0 Å². The highest BCUT2D eigenvalue weighted by atomic mass is 35.5. The van der Waals surface area contributed by atoms with Crippen LogP contribution in [0.1, 0.15) is 45.6 Å². The van der Waals surface area contributed by atoms with Gasteiger partial charge in [-0.1, -0.05) is 29.8 Å². The summed E-state index contributed by atoms with van der Waals surface area (Å²) in [6.07, 6.45) is 1.10. The molecular formula is C15H20BClO2. The molecule has 0 aromatic heterocycles. The Labute approximate surface area is 120 Å². The van der Waals surface area contributed by atoms with Crippen LogP contribution in [0.2, 0.25) is 10.8 Å². The first-order valence-corrected chi connectivity index (χ1v) is 7.30. The van der Waals surface area contributed by atoms with E-state index in [-0.39, 0.29) is 18.3 Å². The van der Waals surface area contributed by atoms with E-state index in [2.05, 4.69) is 33.8 Å². The van der Waals surface area contributed by atoms with Crippen LogP contribution in [-0.2, 0) is 9.31 Å². The van der Waals surface area contributed by atoms with E-state index >= 15 is 0 Å². The van der Waals surface area contributed by atoms with Gasteiger partial charge in [0.25, 0.3) is 0 Å². The minimum Gasteiger partial charge on any atom is -0.403 e. The number of halogens is 1. The molecule has 19 heavy (non-hydrogen) atoms. The lowest BCUT2D eigenvalue weighted by atomic mass is 9.79. The molecule has 1 aliphatic heterocycles. The fourth-order valence-corrected chi connectivity index (χ4v) is 2.99. The second kappa shape index (κ2) is 4.24. The predicted molar refractivity (Wildman–Crippen MR) is 78.6 cm³/mol. The largest absolute Gasteiger partial charge is 0.461 e. The third kappa shape index (κ3) is 2.22. The van der Waals surface area contributed by atoms with Gasteiger partial charge in [0.1, 0.15) is 0 Å². The molecule has 1 saturated carbocycles. The molecule has 102 valence electrons. The van der Waals surface area contributed by atoms with E-state index in [0.29, 0.717) is 11.7 Å². The van der Waals surface area contributed by atoms with Crippen molar-refractivity contribution in [2.45, 2.75) is 57.1 Å². The van der Waals surface area contributed by atoms with E-state index in [1.165, 1.54) is 5.56 Å². The summed E-state index contributed by atoms with van der Waals surface area (Å²) in [6.45, 7) is 8.39. The van der Waals surface area contributed by atoms with Crippen LogP contribution in [0.4, 0.5) is 0 Å². The Hall–Kier alpha value is -0.505. The summed E-state index contributed by atoms with van der Waals surface area (Å²) in [6, 6.07) is 8.08. The molecule has 1 heterocycles. The second-order valence-corrected chi connectivity index (χ2v) is 7.06. The van der Waals surface area contributed by atoms with Crippen molar-refractivity contribution in [2.75, 3.05) is 0 Å². The fraction of sp³-hybridized carbons (Fsp3) is 0.600. The molecule has 3 rings (SSSR count). The van der Waals surface area contributed by atoms with Crippen LogP contribution in [0.5, 0.6) is 0 Å². The monoisotopic (exact) mass is 278 g/mol. The molecule has 4 heteroatoms. The van der Waals surface area contributed by atoms with Crippen LogP contribution in [0.15, 0.2) is 24.3 Å². The molecule has 1 aromatic carbocycles. The van der Waals surface area contributed by atoms with E-state index in [0.717, 1.165) is 11.4 Å². The fourth-order valence-electron chi connectivity index (χ4n) is 2.71. The average molecular weight is 279 g/mol. The van der Waals surface area contributed by atoms with Gasteiger partial charge >= 0.3 is 7.12 Å². The van der Waals surface area contributed by atoms with Crippen LogP contribution < -0.4 is 0 Å². The second-order valence-electron chi connectivity index (χ2n) is 6.65. The molecule has 2 unspecified atom stereocenters. The van der Waals surface area contributed by atoms with Gasteiger partial charge in [-0.05, 0) is 51.7 Å². The Balaban J connectivity index is 1.74.